The van der Waals surface area contributed by atoms with Crippen molar-refractivity contribution < 1.29 is 17.6 Å². The van der Waals surface area contributed by atoms with Gasteiger partial charge in [0.2, 0.25) is 10.0 Å². The van der Waals surface area contributed by atoms with E-state index in [-0.39, 0.29) is 23.3 Å². The standard InChI is InChI=1S/C15H19FN6O3S/c1-22-14(17-8-18-22)13(9-3-4-9)20-15(23)19-12-7-10(5-6-11(12)16)21-26(2,24)25/h5-9,13,21H,3-4H2,1-2H3,(H2,19,20,23). The normalized spacial score (nSPS) is 15.3. The summed E-state index contributed by atoms with van der Waals surface area (Å²) in [5, 5.41) is 9.21. The van der Waals surface area contributed by atoms with Crippen LogP contribution in [0, 0.1) is 11.7 Å². The van der Waals surface area contributed by atoms with E-state index in [9.17, 15) is 17.6 Å². The number of aryl methyl sites for hydroxylation is 1. The van der Waals surface area contributed by atoms with Crippen molar-refractivity contribution in [2.75, 3.05) is 16.3 Å². The molecule has 0 radical (unpaired) electrons. The van der Waals surface area contributed by atoms with Gasteiger partial charge in [-0.1, -0.05) is 0 Å². The number of rotatable bonds is 6. The fraction of sp³-hybridized carbons (Fsp3) is 0.400. The molecule has 1 aromatic heterocycles. The highest BCUT2D eigenvalue weighted by Gasteiger charge is 2.36. The van der Waals surface area contributed by atoms with Crippen LogP contribution in [0.25, 0.3) is 0 Å². The lowest BCUT2D eigenvalue weighted by molar-refractivity contribution is 0.246. The molecule has 3 rings (SSSR count). The second kappa shape index (κ2) is 6.90. The van der Waals surface area contributed by atoms with E-state index in [2.05, 4.69) is 25.4 Å². The van der Waals surface area contributed by atoms with Gasteiger partial charge in [-0.25, -0.2) is 22.6 Å². The van der Waals surface area contributed by atoms with Crippen molar-refractivity contribution in [2.24, 2.45) is 13.0 Å². The summed E-state index contributed by atoms with van der Waals surface area (Å²) in [6, 6.07) is 2.61. The van der Waals surface area contributed by atoms with E-state index in [0.29, 0.717) is 5.82 Å². The summed E-state index contributed by atoms with van der Waals surface area (Å²) in [5.74, 6) is 0.197. The largest absolute Gasteiger partial charge is 0.328 e. The lowest BCUT2D eigenvalue weighted by atomic mass is 10.2. The SMILES string of the molecule is Cn1ncnc1C(NC(=O)Nc1cc(NS(C)(=O)=O)ccc1F)C1CC1. The lowest BCUT2D eigenvalue weighted by Crippen LogP contribution is -2.35. The average molecular weight is 382 g/mol. The second-order valence-electron chi connectivity index (χ2n) is 6.22. The van der Waals surface area contributed by atoms with Crippen molar-refractivity contribution in [3.05, 3.63) is 36.2 Å². The molecule has 2 amide bonds. The van der Waals surface area contributed by atoms with Gasteiger partial charge in [0.25, 0.3) is 0 Å². The van der Waals surface area contributed by atoms with Crippen LogP contribution in [-0.2, 0) is 17.1 Å². The Balaban J connectivity index is 1.73. The van der Waals surface area contributed by atoms with E-state index < -0.39 is 21.9 Å². The minimum absolute atomic E-state index is 0.135. The molecule has 1 atom stereocenters. The number of sulfonamides is 1. The van der Waals surface area contributed by atoms with Crippen LogP contribution in [-0.4, -0.2) is 35.5 Å². The zero-order valence-electron chi connectivity index (χ0n) is 14.2. The van der Waals surface area contributed by atoms with Gasteiger partial charge in [0.05, 0.1) is 23.7 Å². The summed E-state index contributed by atoms with van der Waals surface area (Å²) in [6.07, 6.45) is 4.31. The molecule has 11 heteroatoms. The van der Waals surface area contributed by atoms with Crippen LogP contribution in [0.5, 0.6) is 0 Å². The highest BCUT2D eigenvalue weighted by Crippen LogP contribution is 2.40. The molecule has 1 aliphatic rings. The van der Waals surface area contributed by atoms with Crippen LogP contribution in [0.2, 0.25) is 0 Å². The molecule has 0 saturated heterocycles. The zero-order chi connectivity index (χ0) is 18.9. The molecule has 26 heavy (non-hydrogen) atoms. The van der Waals surface area contributed by atoms with Crippen molar-refractivity contribution in [2.45, 2.75) is 18.9 Å². The molecule has 1 fully saturated rings. The minimum Gasteiger partial charge on any atom is -0.328 e. The molecule has 0 bridgehead atoms. The highest BCUT2D eigenvalue weighted by atomic mass is 32.2. The fourth-order valence-corrected chi connectivity index (χ4v) is 3.16. The Morgan fingerprint density at radius 2 is 2.12 bits per heavy atom. The molecule has 140 valence electrons. The number of nitrogens with one attached hydrogen (secondary N) is 3. The zero-order valence-corrected chi connectivity index (χ0v) is 15.0. The van der Waals surface area contributed by atoms with Gasteiger partial charge < -0.3 is 10.6 Å². The molecule has 1 aromatic carbocycles. The number of benzene rings is 1. The maximum absolute atomic E-state index is 14.0. The molecular formula is C15H19FN6O3S. The Morgan fingerprint density at radius 3 is 2.69 bits per heavy atom. The van der Waals surface area contributed by atoms with Gasteiger partial charge in [-0.2, -0.15) is 5.10 Å². The van der Waals surface area contributed by atoms with E-state index in [1.165, 1.54) is 18.5 Å². The van der Waals surface area contributed by atoms with Crippen LogP contribution in [0.1, 0.15) is 24.7 Å². The highest BCUT2D eigenvalue weighted by molar-refractivity contribution is 7.92. The summed E-state index contributed by atoms with van der Waals surface area (Å²) in [4.78, 5) is 16.5. The van der Waals surface area contributed by atoms with Crippen molar-refractivity contribution >= 4 is 27.4 Å². The van der Waals surface area contributed by atoms with E-state index in [1.807, 2.05) is 0 Å². The summed E-state index contributed by atoms with van der Waals surface area (Å²) in [5.41, 5.74) is 0.0138. The van der Waals surface area contributed by atoms with Crippen molar-refractivity contribution in [1.82, 2.24) is 20.1 Å². The number of hydrogen-bond donors (Lipinski definition) is 3. The van der Waals surface area contributed by atoms with Crippen molar-refractivity contribution in [1.29, 1.82) is 0 Å². The van der Waals surface area contributed by atoms with Crippen LogP contribution in [0.3, 0.4) is 0 Å². The first-order valence-electron chi connectivity index (χ1n) is 7.91. The monoisotopic (exact) mass is 382 g/mol. The second-order valence-corrected chi connectivity index (χ2v) is 7.97. The van der Waals surface area contributed by atoms with Gasteiger partial charge in [-0.3, -0.25) is 9.40 Å². The molecular weight excluding hydrogens is 363 g/mol. The fourth-order valence-electron chi connectivity index (χ4n) is 2.61. The number of urea groups is 1. The summed E-state index contributed by atoms with van der Waals surface area (Å²) >= 11 is 0. The summed E-state index contributed by atoms with van der Waals surface area (Å²) in [7, 11) is -1.78. The molecule has 1 saturated carbocycles. The molecule has 0 spiro atoms. The molecule has 1 unspecified atom stereocenters. The third kappa shape index (κ3) is 4.48. The van der Waals surface area contributed by atoms with Gasteiger partial charge >= 0.3 is 6.03 Å². The first-order chi connectivity index (χ1) is 12.2. The first-order valence-corrected chi connectivity index (χ1v) is 9.81. The van der Waals surface area contributed by atoms with E-state index in [1.54, 1.807) is 11.7 Å². The third-order valence-corrected chi connectivity index (χ3v) is 4.53. The predicted molar refractivity (Wildman–Crippen MR) is 93.5 cm³/mol. The number of hydrogen-bond acceptors (Lipinski definition) is 5. The molecule has 3 N–H and O–H groups in total. The molecule has 1 aliphatic carbocycles. The number of halogens is 1. The number of carbonyl (C=O) groups excluding carboxylic acids is 1. The quantitative estimate of drug-likeness (QED) is 0.701. The van der Waals surface area contributed by atoms with Gasteiger partial charge in [0, 0.05) is 7.05 Å². The Kier molecular flexibility index (Phi) is 4.81. The van der Waals surface area contributed by atoms with E-state index in [0.717, 1.165) is 25.2 Å². The average Bonchev–Trinajstić information content (AvgIpc) is 3.29. The van der Waals surface area contributed by atoms with Gasteiger partial charge in [-0.05, 0) is 37.0 Å². The van der Waals surface area contributed by atoms with Gasteiger partial charge in [0.15, 0.2) is 0 Å². The smallest absolute Gasteiger partial charge is 0.319 e. The maximum Gasteiger partial charge on any atom is 0.319 e. The van der Waals surface area contributed by atoms with Crippen LogP contribution < -0.4 is 15.4 Å². The summed E-state index contributed by atoms with van der Waals surface area (Å²) < 4.78 is 40.4. The van der Waals surface area contributed by atoms with Crippen molar-refractivity contribution in [3.63, 3.8) is 0 Å². The number of anilines is 2. The maximum atomic E-state index is 14.0. The summed E-state index contributed by atoms with van der Waals surface area (Å²) in [6.45, 7) is 0. The first kappa shape index (κ1) is 18.1. The van der Waals surface area contributed by atoms with Crippen molar-refractivity contribution in [3.8, 4) is 0 Å². The molecule has 0 aliphatic heterocycles. The molecule has 2 aromatic rings. The Bertz CT molecular complexity index is 925. The van der Waals surface area contributed by atoms with Gasteiger partial charge in [-0.15, -0.1) is 0 Å². The van der Waals surface area contributed by atoms with Crippen LogP contribution >= 0.6 is 0 Å². The minimum atomic E-state index is -3.51. The Morgan fingerprint density at radius 1 is 1.38 bits per heavy atom. The predicted octanol–water partition coefficient (Wildman–Crippen LogP) is 1.60. The lowest BCUT2D eigenvalue weighted by Gasteiger charge is -2.18. The number of nitrogens with zero attached hydrogens (tertiary/aromatic N) is 3. The molecule has 9 nitrogen and oxygen atoms in total. The Labute approximate surface area is 150 Å². The third-order valence-electron chi connectivity index (χ3n) is 3.92. The van der Waals surface area contributed by atoms with E-state index in [4.69, 9.17) is 0 Å². The number of carbonyl (C=O) groups is 1. The number of aromatic nitrogens is 3. The number of amides is 2. The van der Waals surface area contributed by atoms with Crippen LogP contribution in [0.15, 0.2) is 24.5 Å². The van der Waals surface area contributed by atoms with E-state index >= 15 is 0 Å². The molecule has 1 heterocycles. The van der Waals surface area contributed by atoms with Crippen LogP contribution in [0.4, 0.5) is 20.6 Å². The Hall–Kier alpha value is -2.69. The topological polar surface area (TPSA) is 118 Å². The van der Waals surface area contributed by atoms with Gasteiger partial charge in [0.1, 0.15) is 18.0 Å².